The Labute approximate surface area is 170 Å². The van der Waals surface area contributed by atoms with E-state index in [9.17, 15) is 0 Å². The maximum absolute atomic E-state index is 6.72. The molecule has 25 heavy (non-hydrogen) atoms. The molecule has 0 aliphatic rings. The van der Waals surface area contributed by atoms with Crippen molar-refractivity contribution in [3.63, 3.8) is 0 Å². The molecule has 1 heteroatoms. The normalized spacial score (nSPS) is 9.28. The van der Waals surface area contributed by atoms with Crippen LogP contribution in [0.5, 0.6) is 0 Å². The number of unbranched alkanes of at least 4 members (excludes halogenated alkanes) is 16. The topological polar surface area (TPSA) is 0 Å². The molecule has 0 spiro atoms. The van der Waals surface area contributed by atoms with Gasteiger partial charge in [0.15, 0.2) is 0 Å². The van der Waals surface area contributed by atoms with Crippen molar-refractivity contribution in [1.29, 1.82) is 0 Å². The minimum absolute atomic E-state index is 0. The molecule has 148 valence electrons. The molecule has 0 unspecified atom stereocenters. The molecule has 0 aromatic carbocycles. The van der Waals surface area contributed by atoms with E-state index in [0.29, 0.717) is 0 Å². The average molecular weight is 389 g/mol. The van der Waals surface area contributed by atoms with E-state index in [1.165, 1.54) is 89.9 Å². The molecule has 0 aromatic heterocycles. The molecule has 0 aliphatic heterocycles. The Balaban J connectivity index is -0.000000372. The Morgan fingerprint density at radius 3 is 0.920 bits per heavy atom. The van der Waals surface area contributed by atoms with E-state index < -0.39 is 0 Å². The predicted molar refractivity (Wildman–Crippen MR) is 109 cm³/mol. The van der Waals surface area contributed by atoms with E-state index in [1.807, 2.05) is 0 Å². The zero-order chi connectivity index (χ0) is 18.1. The second-order valence-corrected chi connectivity index (χ2v) is 6.80. The van der Waals surface area contributed by atoms with Crippen LogP contribution in [0.4, 0.5) is 0 Å². The van der Waals surface area contributed by atoms with Crippen LogP contribution in [0.2, 0.25) is 0 Å². The van der Waals surface area contributed by atoms with Crippen molar-refractivity contribution in [1.82, 2.24) is 0 Å². The maximum Gasteiger partial charge on any atom is 2.00 e. The first-order chi connectivity index (χ1) is 11.8. The van der Waals surface area contributed by atoms with Gasteiger partial charge in [0, 0.05) is 0 Å². The van der Waals surface area contributed by atoms with Gasteiger partial charge in [0.25, 0.3) is 0 Å². The van der Waals surface area contributed by atoms with E-state index in [4.69, 9.17) is 12.8 Å². The minimum atomic E-state index is 0. The minimum Gasteiger partial charge on any atom is -0.694 e. The molecule has 0 amide bonds. The molecule has 0 aromatic rings. The Hall–Kier alpha value is -0.386. The molecular weight excluding hydrogens is 347 g/mol. The van der Waals surface area contributed by atoms with Crippen LogP contribution in [0.15, 0.2) is 0 Å². The van der Waals surface area contributed by atoms with Crippen molar-refractivity contribution >= 4 is 0 Å². The van der Waals surface area contributed by atoms with Gasteiger partial charge in [0.2, 0.25) is 0 Å². The van der Waals surface area contributed by atoms with E-state index in [-0.39, 0.29) is 16.5 Å². The summed E-state index contributed by atoms with van der Waals surface area (Å²) in [6.07, 6.45) is 36.6. The first-order valence-electron chi connectivity index (χ1n) is 10.6. The molecule has 0 heterocycles. The van der Waals surface area contributed by atoms with Crippen LogP contribution in [0.25, 0.3) is 0 Å². The second kappa shape index (κ2) is 31.4. The molecule has 0 fully saturated rings. The van der Waals surface area contributed by atoms with Crippen LogP contribution in [0.3, 0.4) is 0 Å². The number of hydrogen-bond donors (Lipinski definition) is 0. The van der Waals surface area contributed by atoms with Gasteiger partial charge in [-0.15, -0.1) is 0 Å². The van der Waals surface area contributed by atoms with E-state index in [0.717, 1.165) is 25.7 Å². The van der Waals surface area contributed by atoms with Crippen molar-refractivity contribution in [2.75, 3.05) is 0 Å². The average Bonchev–Trinajstić information content (AvgIpc) is 2.60. The molecule has 0 rings (SSSR count). The first-order valence-corrected chi connectivity index (χ1v) is 10.6. The fourth-order valence-corrected chi connectivity index (χ4v) is 2.69. The van der Waals surface area contributed by atoms with Crippen molar-refractivity contribution in [3.8, 4) is 11.8 Å². The molecule has 0 saturated carbocycles. The molecule has 0 bridgehead atoms. The molecule has 0 saturated heterocycles. The maximum atomic E-state index is 6.72. The quantitative estimate of drug-likeness (QED) is 0.108. The third-order valence-corrected chi connectivity index (χ3v) is 4.31. The summed E-state index contributed by atoms with van der Waals surface area (Å²) in [5.74, 6) is 4.86. The van der Waals surface area contributed by atoms with Crippen LogP contribution < -0.4 is 0 Å². The van der Waals surface area contributed by atoms with Gasteiger partial charge in [-0.05, 0) is 25.7 Å². The van der Waals surface area contributed by atoms with Gasteiger partial charge in [-0.1, -0.05) is 104 Å². The summed E-state index contributed by atoms with van der Waals surface area (Å²) in [4.78, 5) is 0. The summed E-state index contributed by atoms with van der Waals surface area (Å²) in [5, 5.41) is 0. The number of rotatable bonds is 16. The summed E-state index contributed by atoms with van der Waals surface area (Å²) in [7, 11) is 0. The predicted octanol–water partition coefficient (Wildman–Crippen LogP) is 8.21. The van der Waals surface area contributed by atoms with Crippen LogP contribution in [0.1, 0.15) is 129 Å². The Morgan fingerprint density at radius 1 is 0.440 bits per heavy atom. The summed E-state index contributed by atoms with van der Waals surface area (Å²) < 4.78 is 0. The van der Waals surface area contributed by atoms with Gasteiger partial charge in [-0.3, -0.25) is 0 Å². The Bertz CT molecular complexity index is 251. The van der Waals surface area contributed by atoms with E-state index in [2.05, 4.69) is 25.7 Å². The fraction of sp³-hybridized carbons (Fsp3) is 0.833. The molecule has 0 atom stereocenters. The van der Waals surface area contributed by atoms with Gasteiger partial charge < -0.3 is 24.7 Å². The largest absolute Gasteiger partial charge is 2.00 e. The van der Waals surface area contributed by atoms with Crippen LogP contribution in [-0.2, 0) is 16.5 Å². The van der Waals surface area contributed by atoms with Gasteiger partial charge in [-0.2, -0.15) is 0 Å². The fourth-order valence-electron chi connectivity index (χ4n) is 2.69. The van der Waals surface area contributed by atoms with Crippen molar-refractivity contribution in [2.24, 2.45) is 0 Å². The van der Waals surface area contributed by atoms with Gasteiger partial charge >= 0.3 is 16.5 Å². The second-order valence-electron chi connectivity index (χ2n) is 6.80. The van der Waals surface area contributed by atoms with Crippen LogP contribution in [-0.4, -0.2) is 0 Å². The zero-order valence-corrected chi connectivity index (χ0v) is 18.0. The third-order valence-electron chi connectivity index (χ3n) is 4.31. The smallest absolute Gasteiger partial charge is 0.694 e. The third kappa shape index (κ3) is 35.6. The van der Waals surface area contributed by atoms with Crippen LogP contribution in [0, 0.1) is 24.7 Å². The monoisotopic (exact) mass is 388 g/mol. The molecule has 0 N–H and O–H groups in total. The molecular formula is C24H42Ni. The summed E-state index contributed by atoms with van der Waals surface area (Å²) in [6.45, 7) is 4.50. The molecule has 0 radical (unpaired) electrons. The van der Waals surface area contributed by atoms with Crippen molar-refractivity contribution in [2.45, 2.75) is 129 Å². The van der Waals surface area contributed by atoms with Crippen molar-refractivity contribution in [3.05, 3.63) is 12.8 Å². The standard InChI is InChI=1S/2C12H21.Ni/c2*1-3-5-7-9-11-12-10-8-6-4-2;/h2*3,5-12H2,1H3;/q2*-1;+2. The van der Waals surface area contributed by atoms with Crippen LogP contribution >= 0.6 is 0 Å². The van der Waals surface area contributed by atoms with E-state index in [1.54, 1.807) is 0 Å². The zero-order valence-electron chi connectivity index (χ0n) is 17.0. The molecule has 0 aliphatic carbocycles. The summed E-state index contributed by atoms with van der Waals surface area (Å²) in [6, 6.07) is 0. The van der Waals surface area contributed by atoms with Gasteiger partial charge in [0.1, 0.15) is 0 Å². The Kier molecular flexibility index (Phi) is 36.9. The van der Waals surface area contributed by atoms with Gasteiger partial charge in [-0.25, -0.2) is 0 Å². The summed E-state index contributed by atoms with van der Waals surface area (Å²) >= 11 is 0. The van der Waals surface area contributed by atoms with Crippen molar-refractivity contribution < 1.29 is 16.5 Å². The SMILES string of the molecule is [C-]#CCCCCCCCCCC.[C-]#CCCCCCCCCCC.[Ni+2]. The van der Waals surface area contributed by atoms with Gasteiger partial charge in [0.05, 0.1) is 0 Å². The summed E-state index contributed by atoms with van der Waals surface area (Å²) in [5.41, 5.74) is 0. The van der Waals surface area contributed by atoms with E-state index >= 15 is 0 Å². The Morgan fingerprint density at radius 2 is 0.680 bits per heavy atom. The molecule has 0 nitrogen and oxygen atoms in total. The first kappa shape index (κ1) is 29.4. The number of hydrogen-bond acceptors (Lipinski definition) is 0.